The smallest absolute Gasteiger partial charge is 0.303 e. The van der Waals surface area contributed by atoms with Crippen LogP contribution in [-0.2, 0) is 11.2 Å². The molecule has 2 aromatic rings. The molecule has 15 heavy (non-hydrogen) atoms. The van der Waals surface area contributed by atoms with Crippen molar-refractivity contribution in [3.05, 3.63) is 34.7 Å². The lowest BCUT2D eigenvalue weighted by molar-refractivity contribution is -0.136. The molecule has 2 nitrogen and oxygen atoms in total. The Morgan fingerprint density at radius 1 is 1.47 bits per heavy atom. The topological polar surface area (TPSA) is 37.3 Å². The van der Waals surface area contributed by atoms with Crippen LogP contribution in [0.15, 0.2) is 23.6 Å². The van der Waals surface area contributed by atoms with E-state index in [1.807, 2.05) is 12.1 Å². The lowest BCUT2D eigenvalue weighted by Gasteiger charge is -2.02. The van der Waals surface area contributed by atoms with Gasteiger partial charge in [0, 0.05) is 11.1 Å². The zero-order valence-corrected chi connectivity index (χ0v) is 9.30. The Kier molecular flexibility index (Phi) is 2.73. The van der Waals surface area contributed by atoms with Crippen molar-refractivity contribution >= 4 is 27.4 Å². The number of aliphatic carboxylic acids is 1. The molecule has 3 heteroatoms. The van der Waals surface area contributed by atoms with Crippen molar-refractivity contribution in [2.24, 2.45) is 0 Å². The molecule has 0 saturated carbocycles. The van der Waals surface area contributed by atoms with Crippen molar-refractivity contribution in [1.29, 1.82) is 0 Å². The van der Waals surface area contributed by atoms with Crippen LogP contribution < -0.4 is 0 Å². The first-order valence-corrected chi connectivity index (χ1v) is 5.74. The molecule has 0 saturated heterocycles. The van der Waals surface area contributed by atoms with Gasteiger partial charge in [-0.3, -0.25) is 4.79 Å². The molecule has 1 N–H and O–H groups in total. The second-order valence-electron chi connectivity index (χ2n) is 3.60. The molecule has 0 radical (unpaired) electrons. The molecule has 0 fully saturated rings. The number of aryl methyl sites for hydroxylation is 2. The van der Waals surface area contributed by atoms with E-state index >= 15 is 0 Å². The Morgan fingerprint density at radius 3 is 3.00 bits per heavy atom. The Hall–Kier alpha value is -1.35. The summed E-state index contributed by atoms with van der Waals surface area (Å²) in [7, 11) is 0. The summed E-state index contributed by atoms with van der Waals surface area (Å²) in [6, 6.07) is 6.09. The number of hydrogen-bond acceptors (Lipinski definition) is 2. The van der Waals surface area contributed by atoms with Gasteiger partial charge in [-0.05, 0) is 41.3 Å². The van der Waals surface area contributed by atoms with Crippen LogP contribution in [0, 0.1) is 6.92 Å². The second-order valence-corrected chi connectivity index (χ2v) is 4.51. The van der Waals surface area contributed by atoms with Gasteiger partial charge in [0.2, 0.25) is 0 Å². The summed E-state index contributed by atoms with van der Waals surface area (Å²) in [5, 5.41) is 12.0. The monoisotopic (exact) mass is 220 g/mol. The van der Waals surface area contributed by atoms with E-state index in [9.17, 15) is 4.79 Å². The van der Waals surface area contributed by atoms with Crippen LogP contribution in [0.5, 0.6) is 0 Å². The van der Waals surface area contributed by atoms with E-state index in [-0.39, 0.29) is 6.42 Å². The molecule has 1 aromatic carbocycles. The number of carbonyl (C=O) groups is 1. The highest BCUT2D eigenvalue weighted by Gasteiger charge is 2.07. The maximum atomic E-state index is 10.5. The van der Waals surface area contributed by atoms with Gasteiger partial charge < -0.3 is 5.11 Å². The molecule has 0 unspecified atom stereocenters. The normalized spacial score (nSPS) is 10.7. The number of hydrogen-bond donors (Lipinski definition) is 1. The van der Waals surface area contributed by atoms with Crippen LogP contribution in [0.2, 0.25) is 0 Å². The summed E-state index contributed by atoms with van der Waals surface area (Å²) in [5.41, 5.74) is 2.39. The summed E-state index contributed by atoms with van der Waals surface area (Å²) in [6.07, 6.45) is 0.818. The first-order chi connectivity index (χ1) is 7.18. The Bertz CT molecular complexity index is 499. The zero-order chi connectivity index (χ0) is 10.8. The number of carboxylic acid groups (broad SMARTS) is 1. The van der Waals surface area contributed by atoms with Gasteiger partial charge in [0.05, 0.1) is 0 Å². The number of rotatable bonds is 3. The molecule has 0 bridgehead atoms. The van der Waals surface area contributed by atoms with E-state index < -0.39 is 5.97 Å². The maximum Gasteiger partial charge on any atom is 0.303 e. The van der Waals surface area contributed by atoms with E-state index in [0.717, 1.165) is 5.56 Å². The minimum absolute atomic E-state index is 0.203. The number of benzene rings is 1. The van der Waals surface area contributed by atoms with E-state index in [0.29, 0.717) is 6.42 Å². The van der Waals surface area contributed by atoms with Crippen LogP contribution in [0.25, 0.3) is 10.1 Å². The van der Waals surface area contributed by atoms with Crippen LogP contribution in [0.3, 0.4) is 0 Å². The van der Waals surface area contributed by atoms with E-state index in [1.54, 1.807) is 11.3 Å². The highest BCUT2D eigenvalue weighted by molar-refractivity contribution is 7.17. The fraction of sp³-hybridized carbons (Fsp3) is 0.250. The van der Waals surface area contributed by atoms with Crippen molar-refractivity contribution in [3.8, 4) is 0 Å². The highest BCUT2D eigenvalue weighted by Crippen LogP contribution is 2.29. The molecule has 0 aliphatic rings. The van der Waals surface area contributed by atoms with Crippen molar-refractivity contribution < 1.29 is 9.90 Å². The van der Waals surface area contributed by atoms with Crippen LogP contribution >= 0.6 is 11.3 Å². The van der Waals surface area contributed by atoms with Gasteiger partial charge in [-0.2, -0.15) is 0 Å². The van der Waals surface area contributed by atoms with Crippen molar-refractivity contribution in [1.82, 2.24) is 0 Å². The molecule has 0 aliphatic carbocycles. The van der Waals surface area contributed by atoms with Gasteiger partial charge >= 0.3 is 5.97 Å². The average molecular weight is 220 g/mol. The molecule has 0 atom stereocenters. The quantitative estimate of drug-likeness (QED) is 0.862. The van der Waals surface area contributed by atoms with E-state index in [1.165, 1.54) is 15.6 Å². The predicted molar refractivity (Wildman–Crippen MR) is 62.5 cm³/mol. The van der Waals surface area contributed by atoms with Gasteiger partial charge in [-0.15, -0.1) is 11.3 Å². The Labute approximate surface area is 92.2 Å². The number of thiophene rings is 1. The van der Waals surface area contributed by atoms with Gasteiger partial charge in [-0.1, -0.05) is 12.1 Å². The van der Waals surface area contributed by atoms with E-state index in [4.69, 9.17) is 5.11 Å². The summed E-state index contributed by atoms with van der Waals surface area (Å²) in [5.74, 6) is -0.736. The van der Waals surface area contributed by atoms with Crippen molar-refractivity contribution in [3.63, 3.8) is 0 Å². The highest BCUT2D eigenvalue weighted by atomic mass is 32.1. The minimum atomic E-state index is -0.736. The third kappa shape index (κ3) is 2.02. The molecule has 2 rings (SSSR count). The zero-order valence-electron chi connectivity index (χ0n) is 8.49. The molecule has 78 valence electrons. The first-order valence-electron chi connectivity index (χ1n) is 4.86. The molecule has 1 heterocycles. The number of carboxylic acids is 1. The third-order valence-electron chi connectivity index (χ3n) is 2.48. The second kappa shape index (κ2) is 4.03. The largest absolute Gasteiger partial charge is 0.481 e. The Balaban J connectivity index is 2.41. The standard InChI is InChI=1S/C12H12O2S/c1-8-7-15-10-4-2-3-9(12(8)10)5-6-11(13)14/h2-4,7H,5-6H2,1H3,(H,13,14). The van der Waals surface area contributed by atoms with Crippen LogP contribution in [0.1, 0.15) is 17.5 Å². The fourth-order valence-electron chi connectivity index (χ4n) is 1.78. The number of fused-ring (bicyclic) bond motifs is 1. The van der Waals surface area contributed by atoms with E-state index in [2.05, 4.69) is 18.4 Å². The van der Waals surface area contributed by atoms with Gasteiger partial charge in [0.1, 0.15) is 0 Å². The lowest BCUT2D eigenvalue weighted by atomic mass is 10.0. The molecular formula is C12H12O2S. The summed E-state index contributed by atoms with van der Waals surface area (Å²) in [6.45, 7) is 2.07. The summed E-state index contributed by atoms with van der Waals surface area (Å²) >= 11 is 1.71. The summed E-state index contributed by atoms with van der Waals surface area (Å²) < 4.78 is 1.25. The molecular weight excluding hydrogens is 208 g/mol. The van der Waals surface area contributed by atoms with Gasteiger partial charge in [-0.25, -0.2) is 0 Å². The van der Waals surface area contributed by atoms with Crippen LogP contribution in [0.4, 0.5) is 0 Å². The third-order valence-corrected chi connectivity index (χ3v) is 3.54. The molecule has 0 aliphatic heterocycles. The van der Waals surface area contributed by atoms with Gasteiger partial charge in [0.15, 0.2) is 0 Å². The average Bonchev–Trinajstić information content (AvgIpc) is 2.58. The SMILES string of the molecule is Cc1csc2cccc(CCC(=O)O)c12. The minimum Gasteiger partial charge on any atom is -0.481 e. The predicted octanol–water partition coefficient (Wildman–Crippen LogP) is 3.23. The first kappa shape index (κ1) is 10.2. The molecule has 0 amide bonds. The van der Waals surface area contributed by atoms with Gasteiger partial charge in [0.25, 0.3) is 0 Å². The lowest BCUT2D eigenvalue weighted by Crippen LogP contribution is -1.97. The van der Waals surface area contributed by atoms with Crippen LogP contribution in [-0.4, -0.2) is 11.1 Å². The molecule has 0 spiro atoms. The molecule has 1 aromatic heterocycles. The van der Waals surface area contributed by atoms with Crippen molar-refractivity contribution in [2.45, 2.75) is 19.8 Å². The fourth-order valence-corrected chi connectivity index (χ4v) is 2.77. The Morgan fingerprint density at radius 2 is 2.27 bits per heavy atom. The maximum absolute atomic E-state index is 10.5. The van der Waals surface area contributed by atoms with Crippen molar-refractivity contribution in [2.75, 3.05) is 0 Å². The summed E-state index contributed by atoms with van der Waals surface area (Å²) in [4.78, 5) is 10.5.